The maximum atomic E-state index is 11.8. The minimum atomic E-state index is 0.302. The fourth-order valence-electron chi connectivity index (χ4n) is 2.53. The van der Waals surface area contributed by atoms with E-state index in [1.807, 2.05) is 4.90 Å². The Morgan fingerprint density at radius 1 is 1.38 bits per heavy atom. The van der Waals surface area contributed by atoms with Crippen molar-refractivity contribution in [3.05, 3.63) is 0 Å². The van der Waals surface area contributed by atoms with Crippen LogP contribution >= 0.6 is 0 Å². The van der Waals surface area contributed by atoms with Crippen LogP contribution < -0.4 is 5.73 Å². The van der Waals surface area contributed by atoms with Crippen LogP contribution in [0.1, 0.15) is 19.8 Å². The molecule has 0 aliphatic carbocycles. The highest BCUT2D eigenvalue weighted by molar-refractivity contribution is 5.78. The molecule has 2 N–H and O–H groups in total. The molecule has 4 nitrogen and oxygen atoms in total. The van der Waals surface area contributed by atoms with Crippen LogP contribution in [-0.4, -0.2) is 55.0 Å². The van der Waals surface area contributed by atoms with Crippen LogP contribution in [0, 0.1) is 11.8 Å². The van der Waals surface area contributed by atoms with Crippen LogP contribution in [0.3, 0.4) is 0 Å². The van der Waals surface area contributed by atoms with Gasteiger partial charge in [0.05, 0.1) is 6.54 Å². The first-order valence-corrected chi connectivity index (χ1v) is 6.41. The Hall–Kier alpha value is -0.610. The molecule has 4 heteroatoms. The predicted molar refractivity (Wildman–Crippen MR) is 64.0 cm³/mol. The summed E-state index contributed by atoms with van der Waals surface area (Å²) in [6.07, 6.45) is 2.35. The van der Waals surface area contributed by atoms with Gasteiger partial charge >= 0.3 is 0 Å². The van der Waals surface area contributed by atoms with E-state index in [1.54, 1.807) is 0 Å². The molecule has 0 bridgehead atoms. The number of nitrogens with zero attached hydrogens (tertiary/aromatic N) is 2. The van der Waals surface area contributed by atoms with Gasteiger partial charge in [0.1, 0.15) is 0 Å². The van der Waals surface area contributed by atoms with Gasteiger partial charge in [0.2, 0.25) is 5.91 Å². The highest BCUT2D eigenvalue weighted by Gasteiger charge is 2.28. The lowest BCUT2D eigenvalue weighted by molar-refractivity contribution is -0.136. The van der Waals surface area contributed by atoms with E-state index in [1.165, 1.54) is 12.8 Å². The minimum absolute atomic E-state index is 0.302. The van der Waals surface area contributed by atoms with Gasteiger partial charge in [0.25, 0.3) is 0 Å². The third-order valence-electron chi connectivity index (χ3n) is 4.07. The van der Waals surface area contributed by atoms with Gasteiger partial charge in [0.15, 0.2) is 0 Å². The molecule has 16 heavy (non-hydrogen) atoms. The summed E-state index contributed by atoms with van der Waals surface area (Å²) in [6, 6.07) is 0. The molecular weight excluding hydrogens is 202 g/mol. The molecule has 0 spiro atoms. The Morgan fingerprint density at radius 2 is 2.12 bits per heavy atom. The van der Waals surface area contributed by atoms with Crippen LogP contribution in [0.5, 0.6) is 0 Å². The Balaban J connectivity index is 1.79. The van der Waals surface area contributed by atoms with Crippen molar-refractivity contribution >= 4 is 5.91 Å². The molecule has 0 aromatic rings. The number of rotatable bonds is 3. The lowest BCUT2D eigenvalue weighted by atomic mass is 9.87. The largest absolute Gasteiger partial charge is 0.341 e. The summed E-state index contributed by atoms with van der Waals surface area (Å²) in [4.78, 5) is 16.1. The third-order valence-corrected chi connectivity index (χ3v) is 4.07. The summed E-state index contributed by atoms with van der Waals surface area (Å²) in [6.45, 7) is 7.59. The minimum Gasteiger partial charge on any atom is -0.341 e. The van der Waals surface area contributed by atoms with Gasteiger partial charge in [-0.2, -0.15) is 0 Å². The lowest BCUT2D eigenvalue weighted by Crippen LogP contribution is -2.50. The summed E-state index contributed by atoms with van der Waals surface area (Å²) in [7, 11) is 0. The summed E-state index contributed by atoms with van der Waals surface area (Å²) >= 11 is 0. The number of piperidine rings is 1. The van der Waals surface area contributed by atoms with Crippen LogP contribution in [0.25, 0.3) is 0 Å². The van der Waals surface area contributed by atoms with Crippen LogP contribution in [0.15, 0.2) is 0 Å². The molecule has 2 rings (SSSR count). The molecule has 2 fully saturated rings. The van der Waals surface area contributed by atoms with E-state index < -0.39 is 0 Å². The number of amides is 1. The van der Waals surface area contributed by atoms with Gasteiger partial charge in [-0.1, -0.05) is 6.92 Å². The highest BCUT2D eigenvalue weighted by Crippen LogP contribution is 2.22. The van der Waals surface area contributed by atoms with E-state index in [2.05, 4.69) is 11.8 Å². The molecule has 2 unspecified atom stereocenters. The van der Waals surface area contributed by atoms with E-state index in [9.17, 15) is 4.79 Å². The van der Waals surface area contributed by atoms with Crippen molar-refractivity contribution in [3.8, 4) is 0 Å². The van der Waals surface area contributed by atoms with Crippen molar-refractivity contribution in [2.45, 2.75) is 19.8 Å². The first-order valence-electron chi connectivity index (χ1n) is 6.41. The Bertz CT molecular complexity index is 253. The van der Waals surface area contributed by atoms with E-state index in [0.717, 1.165) is 32.7 Å². The van der Waals surface area contributed by atoms with E-state index in [-0.39, 0.29) is 0 Å². The van der Waals surface area contributed by atoms with Gasteiger partial charge in [-0.15, -0.1) is 0 Å². The maximum Gasteiger partial charge on any atom is 0.236 e. The molecule has 0 radical (unpaired) electrons. The van der Waals surface area contributed by atoms with Gasteiger partial charge in [-0.3, -0.25) is 9.69 Å². The average molecular weight is 225 g/mol. The zero-order chi connectivity index (χ0) is 11.5. The zero-order valence-electron chi connectivity index (χ0n) is 10.2. The van der Waals surface area contributed by atoms with Crippen molar-refractivity contribution in [2.24, 2.45) is 17.6 Å². The van der Waals surface area contributed by atoms with E-state index >= 15 is 0 Å². The summed E-state index contributed by atoms with van der Waals surface area (Å²) < 4.78 is 0. The van der Waals surface area contributed by atoms with Crippen molar-refractivity contribution in [2.75, 3.05) is 39.3 Å². The Kier molecular flexibility index (Phi) is 3.82. The monoisotopic (exact) mass is 225 g/mol. The molecule has 2 atom stereocenters. The topological polar surface area (TPSA) is 49.6 Å². The normalized spacial score (nSPS) is 31.2. The Labute approximate surface area is 97.8 Å². The summed E-state index contributed by atoms with van der Waals surface area (Å²) in [5, 5.41) is 0. The quantitative estimate of drug-likeness (QED) is 0.743. The van der Waals surface area contributed by atoms with Gasteiger partial charge in [-0.25, -0.2) is 0 Å². The second kappa shape index (κ2) is 5.15. The fourth-order valence-corrected chi connectivity index (χ4v) is 2.53. The second-order valence-electron chi connectivity index (χ2n) is 5.23. The number of hydrogen-bond acceptors (Lipinski definition) is 3. The average Bonchev–Trinajstić information content (AvgIpc) is 2.18. The van der Waals surface area contributed by atoms with Crippen molar-refractivity contribution in [1.82, 2.24) is 9.80 Å². The Morgan fingerprint density at radius 3 is 2.69 bits per heavy atom. The third kappa shape index (κ3) is 2.55. The second-order valence-corrected chi connectivity index (χ2v) is 5.23. The first kappa shape index (κ1) is 11.9. The summed E-state index contributed by atoms with van der Waals surface area (Å²) in [5.74, 6) is 1.58. The SMILES string of the molecule is CC1CCN(CC(=O)N2CCC2)CC1CN. The maximum absolute atomic E-state index is 11.8. The van der Waals surface area contributed by atoms with Gasteiger partial charge in [-0.05, 0) is 37.8 Å². The lowest BCUT2D eigenvalue weighted by Gasteiger charge is -2.38. The van der Waals surface area contributed by atoms with Crippen LogP contribution in [0.4, 0.5) is 0 Å². The smallest absolute Gasteiger partial charge is 0.236 e. The van der Waals surface area contributed by atoms with Crippen LogP contribution in [0.2, 0.25) is 0 Å². The highest BCUT2D eigenvalue weighted by atomic mass is 16.2. The van der Waals surface area contributed by atoms with E-state index in [4.69, 9.17) is 5.73 Å². The first-order chi connectivity index (χ1) is 7.70. The molecule has 0 aromatic heterocycles. The standard InChI is InChI=1S/C12H23N3O/c1-10-3-6-14(8-11(10)7-13)9-12(16)15-4-2-5-15/h10-11H,2-9,13H2,1H3. The fraction of sp³-hybridized carbons (Fsp3) is 0.917. The number of nitrogens with two attached hydrogens (primary N) is 1. The molecule has 0 saturated carbocycles. The summed E-state index contributed by atoms with van der Waals surface area (Å²) in [5.41, 5.74) is 5.76. The van der Waals surface area contributed by atoms with E-state index in [0.29, 0.717) is 24.3 Å². The number of likely N-dealkylation sites (tertiary alicyclic amines) is 2. The number of carbonyl (C=O) groups is 1. The van der Waals surface area contributed by atoms with Crippen LogP contribution in [-0.2, 0) is 4.79 Å². The van der Waals surface area contributed by atoms with Crippen molar-refractivity contribution < 1.29 is 4.79 Å². The van der Waals surface area contributed by atoms with Crippen molar-refractivity contribution in [1.29, 1.82) is 0 Å². The van der Waals surface area contributed by atoms with Gasteiger partial charge < -0.3 is 10.6 Å². The molecule has 2 aliphatic heterocycles. The molecular formula is C12H23N3O. The van der Waals surface area contributed by atoms with Crippen molar-refractivity contribution in [3.63, 3.8) is 0 Å². The predicted octanol–water partition coefficient (Wildman–Crippen LogP) is 0.135. The molecule has 0 aromatic carbocycles. The zero-order valence-corrected chi connectivity index (χ0v) is 10.2. The molecule has 2 saturated heterocycles. The number of hydrogen-bond donors (Lipinski definition) is 1. The molecule has 92 valence electrons. The molecule has 2 heterocycles. The molecule has 2 aliphatic rings. The number of carbonyl (C=O) groups excluding carboxylic acids is 1. The molecule has 1 amide bonds. The van der Waals surface area contributed by atoms with Gasteiger partial charge in [0, 0.05) is 19.6 Å².